The minimum atomic E-state index is -0.892. The van der Waals surface area contributed by atoms with Crippen molar-refractivity contribution in [2.75, 3.05) is 6.54 Å². The van der Waals surface area contributed by atoms with Gasteiger partial charge in [0.1, 0.15) is 0 Å². The Balaban J connectivity index is 2.67. The summed E-state index contributed by atoms with van der Waals surface area (Å²) in [6.45, 7) is 4.95. The zero-order valence-corrected chi connectivity index (χ0v) is 13.1. The average Bonchev–Trinajstić information content (AvgIpc) is 2.41. The molecule has 1 aromatic carbocycles. The summed E-state index contributed by atoms with van der Waals surface area (Å²) in [5, 5.41) is 3.60. The molecular formula is C16H24ClF2N. The van der Waals surface area contributed by atoms with E-state index in [2.05, 4.69) is 12.2 Å². The normalized spacial score (nSPS) is 12.7. The van der Waals surface area contributed by atoms with Crippen molar-refractivity contribution in [3.8, 4) is 0 Å². The van der Waals surface area contributed by atoms with Crippen LogP contribution in [0, 0.1) is 11.6 Å². The first-order valence-electron chi connectivity index (χ1n) is 7.48. The van der Waals surface area contributed by atoms with Crippen molar-refractivity contribution in [2.45, 2.75) is 58.4 Å². The molecule has 0 bridgehead atoms. The second-order valence-electron chi connectivity index (χ2n) is 5.10. The van der Waals surface area contributed by atoms with Gasteiger partial charge in [-0.05, 0) is 30.7 Å². The predicted octanol–water partition coefficient (Wildman–Crippen LogP) is 5.63. The van der Waals surface area contributed by atoms with Crippen LogP contribution in [0.2, 0.25) is 5.02 Å². The highest BCUT2D eigenvalue weighted by Crippen LogP contribution is 2.29. The molecule has 0 amide bonds. The number of benzene rings is 1. The Labute approximate surface area is 125 Å². The van der Waals surface area contributed by atoms with Crippen LogP contribution in [0.25, 0.3) is 0 Å². The highest BCUT2D eigenvalue weighted by atomic mass is 35.5. The Morgan fingerprint density at radius 3 is 2.35 bits per heavy atom. The molecule has 4 heteroatoms. The molecule has 0 fully saturated rings. The number of unbranched alkanes of at least 4 members (excludes halogenated alkanes) is 4. The molecule has 0 aromatic heterocycles. The lowest BCUT2D eigenvalue weighted by Gasteiger charge is -2.20. The third-order valence-electron chi connectivity index (χ3n) is 3.46. The largest absolute Gasteiger partial charge is 0.310 e. The van der Waals surface area contributed by atoms with Gasteiger partial charge in [0.25, 0.3) is 0 Å². The smallest absolute Gasteiger partial charge is 0.160 e. The van der Waals surface area contributed by atoms with Crippen LogP contribution in [0.4, 0.5) is 8.78 Å². The van der Waals surface area contributed by atoms with Gasteiger partial charge in [0, 0.05) is 11.1 Å². The molecule has 1 N–H and O–H groups in total. The van der Waals surface area contributed by atoms with Crippen molar-refractivity contribution in [1.82, 2.24) is 5.32 Å². The van der Waals surface area contributed by atoms with E-state index in [0.29, 0.717) is 10.6 Å². The van der Waals surface area contributed by atoms with Crippen LogP contribution in [-0.2, 0) is 0 Å². The van der Waals surface area contributed by atoms with Gasteiger partial charge in [-0.3, -0.25) is 0 Å². The van der Waals surface area contributed by atoms with E-state index in [-0.39, 0.29) is 6.04 Å². The van der Waals surface area contributed by atoms with Crippen molar-refractivity contribution in [1.29, 1.82) is 0 Å². The van der Waals surface area contributed by atoms with Crippen molar-refractivity contribution >= 4 is 11.6 Å². The number of rotatable bonds is 9. The average molecular weight is 304 g/mol. The number of halogens is 3. The Kier molecular flexibility index (Phi) is 8.08. The van der Waals surface area contributed by atoms with E-state index in [4.69, 9.17) is 11.6 Å². The first-order valence-corrected chi connectivity index (χ1v) is 7.85. The molecular weight excluding hydrogens is 280 g/mol. The first-order chi connectivity index (χ1) is 9.60. The van der Waals surface area contributed by atoms with Gasteiger partial charge >= 0.3 is 0 Å². The van der Waals surface area contributed by atoms with Crippen LogP contribution in [0.3, 0.4) is 0 Å². The van der Waals surface area contributed by atoms with Gasteiger partial charge in [0.15, 0.2) is 11.6 Å². The molecule has 1 nitrogen and oxygen atoms in total. The maximum absolute atomic E-state index is 13.4. The van der Waals surface area contributed by atoms with Crippen LogP contribution < -0.4 is 5.32 Å². The predicted molar refractivity (Wildman–Crippen MR) is 81.2 cm³/mol. The SMILES string of the molecule is CCCCCCCC(NCC)c1cc(F)c(F)cc1Cl. The Hall–Kier alpha value is -0.670. The van der Waals surface area contributed by atoms with Gasteiger partial charge in [-0.15, -0.1) is 0 Å². The van der Waals surface area contributed by atoms with E-state index >= 15 is 0 Å². The zero-order chi connectivity index (χ0) is 15.0. The van der Waals surface area contributed by atoms with Crippen molar-refractivity contribution in [3.05, 3.63) is 34.4 Å². The highest BCUT2D eigenvalue weighted by molar-refractivity contribution is 6.31. The van der Waals surface area contributed by atoms with E-state index in [0.717, 1.165) is 31.9 Å². The van der Waals surface area contributed by atoms with Crippen LogP contribution in [0.15, 0.2) is 12.1 Å². The fourth-order valence-corrected chi connectivity index (χ4v) is 2.65. The lowest BCUT2D eigenvalue weighted by atomic mass is 9.99. The summed E-state index contributed by atoms with van der Waals surface area (Å²) in [7, 11) is 0. The highest BCUT2D eigenvalue weighted by Gasteiger charge is 2.16. The molecule has 1 rings (SSSR count). The molecule has 0 aliphatic rings. The van der Waals surface area contributed by atoms with Crippen LogP contribution in [0.5, 0.6) is 0 Å². The van der Waals surface area contributed by atoms with E-state index in [9.17, 15) is 8.78 Å². The standard InChI is InChI=1S/C16H24ClF2N/c1-3-5-6-7-8-9-16(20-4-2)12-10-14(18)15(19)11-13(12)17/h10-11,16,20H,3-9H2,1-2H3. The van der Waals surface area contributed by atoms with Gasteiger partial charge in [-0.25, -0.2) is 8.78 Å². The third kappa shape index (κ3) is 5.37. The summed E-state index contributed by atoms with van der Waals surface area (Å²) in [4.78, 5) is 0. The summed E-state index contributed by atoms with van der Waals surface area (Å²) in [6.07, 6.45) is 6.80. The summed E-state index contributed by atoms with van der Waals surface area (Å²) < 4.78 is 26.5. The Morgan fingerprint density at radius 2 is 1.70 bits per heavy atom. The quantitative estimate of drug-likeness (QED) is 0.460. The van der Waals surface area contributed by atoms with Crippen LogP contribution in [-0.4, -0.2) is 6.54 Å². The lowest BCUT2D eigenvalue weighted by Crippen LogP contribution is -2.21. The van der Waals surface area contributed by atoms with E-state index < -0.39 is 11.6 Å². The fourth-order valence-electron chi connectivity index (χ4n) is 2.37. The van der Waals surface area contributed by atoms with Gasteiger partial charge in [-0.1, -0.05) is 57.6 Å². The van der Waals surface area contributed by atoms with E-state index in [1.54, 1.807) is 0 Å². The summed E-state index contributed by atoms with van der Waals surface area (Å²) in [5.74, 6) is -1.73. The maximum atomic E-state index is 13.4. The third-order valence-corrected chi connectivity index (χ3v) is 3.79. The van der Waals surface area contributed by atoms with Crippen molar-refractivity contribution in [3.63, 3.8) is 0 Å². The molecule has 1 unspecified atom stereocenters. The van der Waals surface area contributed by atoms with Crippen LogP contribution >= 0.6 is 11.6 Å². The molecule has 1 aromatic rings. The molecule has 20 heavy (non-hydrogen) atoms. The number of nitrogens with one attached hydrogen (secondary N) is 1. The minimum absolute atomic E-state index is 0.00998. The summed E-state index contributed by atoms with van der Waals surface area (Å²) >= 11 is 6.05. The zero-order valence-electron chi connectivity index (χ0n) is 12.3. The Bertz CT molecular complexity index is 410. The summed E-state index contributed by atoms with van der Waals surface area (Å²) in [6, 6.07) is 2.27. The molecule has 114 valence electrons. The molecule has 0 saturated heterocycles. The molecule has 0 radical (unpaired) electrons. The molecule has 0 aliphatic carbocycles. The molecule has 1 atom stereocenters. The maximum Gasteiger partial charge on any atom is 0.160 e. The van der Waals surface area contributed by atoms with Gasteiger partial charge in [0.2, 0.25) is 0 Å². The molecule has 0 saturated carbocycles. The Morgan fingerprint density at radius 1 is 1.05 bits per heavy atom. The molecule has 0 heterocycles. The fraction of sp³-hybridized carbons (Fsp3) is 0.625. The van der Waals surface area contributed by atoms with Gasteiger partial charge in [0.05, 0.1) is 0 Å². The number of hydrogen-bond donors (Lipinski definition) is 1. The lowest BCUT2D eigenvalue weighted by molar-refractivity contribution is 0.468. The van der Waals surface area contributed by atoms with Crippen LogP contribution in [0.1, 0.15) is 64.0 Å². The molecule has 0 aliphatic heterocycles. The second kappa shape index (κ2) is 9.30. The molecule has 0 spiro atoms. The van der Waals surface area contributed by atoms with Crippen molar-refractivity contribution < 1.29 is 8.78 Å². The van der Waals surface area contributed by atoms with E-state index in [1.807, 2.05) is 6.92 Å². The van der Waals surface area contributed by atoms with Crippen molar-refractivity contribution in [2.24, 2.45) is 0 Å². The van der Waals surface area contributed by atoms with Gasteiger partial charge in [-0.2, -0.15) is 0 Å². The topological polar surface area (TPSA) is 12.0 Å². The first kappa shape index (κ1) is 17.4. The van der Waals surface area contributed by atoms with E-state index in [1.165, 1.54) is 25.3 Å². The minimum Gasteiger partial charge on any atom is -0.310 e. The van der Waals surface area contributed by atoms with Gasteiger partial charge < -0.3 is 5.32 Å². The monoisotopic (exact) mass is 303 g/mol. The second-order valence-corrected chi connectivity index (χ2v) is 5.51. The summed E-state index contributed by atoms with van der Waals surface area (Å²) in [5.41, 5.74) is 0.655. The number of hydrogen-bond acceptors (Lipinski definition) is 1.